The van der Waals surface area contributed by atoms with Gasteiger partial charge in [0.1, 0.15) is 0 Å². The zero-order valence-electron chi connectivity index (χ0n) is 15.7. The van der Waals surface area contributed by atoms with Crippen molar-refractivity contribution in [2.75, 3.05) is 0 Å². The van der Waals surface area contributed by atoms with E-state index in [0.29, 0.717) is 27.3 Å². The lowest BCUT2D eigenvalue weighted by Crippen LogP contribution is -2.28. The number of carbonyl (C=O) groups excluding carboxylic acids is 1. The van der Waals surface area contributed by atoms with Crippen molar-refractivity contribution in [3.63, 3.8) is 0 Å². The molecule has 150 valence electrons. The Morgan fingerprint density at radius 1 is 1.24 bits per heavy atom. The summed E-state index contributed by atoms with van der Waals surface area (Å²) in [5, 5.41) is 23.0. The molecular weight excluding hydrogens is 414 g/mol. The standard InChI is InChI=1S/C19H18ClN5O3S/c1-12(21-18(26)15-5-3-4-6-16(15)20)17-22-23-19(24(17)2)29-11-13-7-9-14(10-8-13)25(27)28/h3-10,12H,11H2,1-2H3,(H,21,26)/t12-/m1/s1. The van der Waals surface area contributed by atoms with Crippen LogP contribution in [0.4, 0.5) is 5.69 Å². The van der Waals surface area contributed by atoms with E-state index in [4.69, 9.17) is 11.6 Å². The maximum atomic E-state index is 12.4. The van der Waals surface area contributed by atoms with Gasteiger partial charge < -0.3 is 9.88 Å². The topological polar surface area (TPSA) is 103 Å². The summed E-state index contributed by atoms with van der Waals surface area (Å²) in [5.41, 5.74) is 1.39. The van der Waals surface area contributed by atoms with E-state index in [1.165, 1.54) is 23.9 Å². The summed E-state index contributed by atoms with van der Waals surface area (Å²) < 4.78 is 1.81. The molecular formula is C19H18ClN5O3S. The van der Waals surface area contributed by atoms with Crippen LogP contribution < -0.4 is 5.32 Å². The van der Waals surface area contributed by atoms with E-state index in [9.17, 15) is 14.9 Å². The van der Waals surface area contributed by atoms with E-state index in [1.54, 1.807) is 36.4 Å². The first kappa shape index (κ1) is 20.8. The molecule has 0 spiro atoms. The second-order valence-electron chi connectivity index (χ2n) is 6.29. The van der Waals surface area contributed by atoms with Crippen molar-refractivity contribution in [1.82, 2.24) is 20.1 Å². The predicted octanol–water partition coefficient (Wildman–Crippen LogP) is 4.16. The molecule has 1 N–H and O–H groups in total. The molecule has 2 aromatic carbocycles. The van der Waals surface area contributed by atoms with Crippen LogP contribution in [0.25, 0.3) is 0 Å². The minimum Gasteiger partial charge on any atom is -0.342 e. The van der Waals surface area contributed by atoms with Gasteiger partial charge in [0.15, 0.2) is 11.0 Å². The normalized spacial score (nSPS) is 11.8. The lowest BCUT2D eigenvalue weighted by molar-refractivity contribution is -0.384. The second-order valence-corrected chi connectivity index (χ2v) is 7.64. The Morgan fingerprint density at radius 2 is 1.93 bits per heavy atom. The number of nitrogens with zero attached hydrogens (tertiary/aromatic N) is 4. The Labute approximate surface area is 176 Å². The fraction of sp³-hybridized carbons (Fsp3) is 0.211. The summed E-state index contributed by atoms with van der Waals surface area (Å²) in [6.07, 6.45) is 0. The van der Waals surface area contributed by atoms with Crippen LogP contribution in [0.1, 0.15) is 34.7 Å². The lowest BCUT2D eigenvalue weighted by atomic mass is 10.2. The van der Waals surface area contributed by atoms with Crippen LogP contribution in [-0.4, -0.2) is 25.6 Å². The molecule has 8 nitrogen and oxygen atoms in total. The molecule has 1 heterocycles. The number of amides is 1. The molecule has 1 atom stereocenters. The van der Waals surface area contributed by atoms with E-state index in [-0.39, 0.29) is 17.6 Å². The van der Waals surface area contributed by atoms with E-state index >= 15 is 0 Å². The molecule has 1 amide bonds. The fourth-order valence-corrected chi connectivity index (χ4v) is 3.77. The van der Waals surface area contributed by atoms with Gasteiger partial charge >= 0.3 is 0 Å². The van der Waals surface area contributed by atoms with Gasteiger partial charge in [0.2, 0.25) is 0 Å². The summed E-state index contributed by atoms with van der Waals surface area (Å²) in [4.78, 5) is 22.8. The summed E-state index contributed by atoms with van der Waals surface area (Å²) in [6, 6.07) is 12.9. The van der Waals surface area contributed by atoms with Crippen molar-refractivity contribution in [3.8, 4) is 0 Å². The van der Waals surface area contributed by atoms with Crippen LogP contribution in [0.5, 0.6) is 0 Å². The number of hydrogen-bond donors (Lipinski definition) is 1. The zero-order chi connectivity index (χ0) is 21.0. The molecule has 0 saturated carbocycles. The number of halogens is 1. The van der Waals surface area contributed by atoms with Crippen molar-refractivity contribution >= 4 is 35.0 Å². The first-order chi connectivity index (χ1) is 13.9. The molecule has 0 aliphatic heterocycles. The third kappa shape index (κ3) is 4.93. The third-order valence-corrected chi connectivity index (χ3v) is 5.66. The fourth-order valence-electron chi connectivity index (χ4n) is 2.67. The Kier molecular flexibility index (Phi) is 6.50. The molecule has 0 fully saturated rings. The number of benzene rings is 2. The van der Waals surface area contributed by atoms with Crippen LogP contribution in [0.2, 0.25) is 5.02 Å². The number of carbonyl (C=O) groups is 1. The minimum atomic E-state index is -0.426. The molecule has 0 aliphatic carbocycles. The summed E-state index contributed by atoms with van der Waals surface area (Å²) in [6.45, 7) is 1.82. The van der Waals surface area contributed by atoms with E-state index in [1.807, 2.05) is 18.5 Å². The Bertz CT molecular complexity index is 1040. The van der Waals surface area contributed by atoms with E-state index < -0.39 is 4.92 Å². The number of nitro groups is 1. The van der Waals surface area contributed by atoms with Crippen LogP contribution in [0, 0.1) is 10.1 Å². The molecule has 0 unspecified atom stereocenters. The Morgan fingerprint density at radius 3 is 2.59 bits per heavy atom. The predicted molar refractivity (Wildman–Crippen MR) is 111 cm³/mol. The SMILES string of the molecule is C[C@@H](NC(=O)c1ccccc1Cl)c1nnc(SCc2ccc([N+](=O)[O-])cc2)n1C. The molecule has 3 aromatic rings. The number of nitro benzene ring substituents is 1. The van der Waals surface area contributed by atoms with Gasteiger partial charge in [-0.25, -0.2) is 0 Å². The molecule has 10 heteroatoms. The Balaban J connectivity index is 1.64. The number of hydrogen-bond acceptors (Lipinski definition) is 6. The number of nitrogens with one attached hydrogen (secondary N) is 1. The van der Waals surface area contributed by atoms with Gasteiger partial charge in [0.25, 0.3) is 11.6 Å². The second kappa shape index (κ2) is 9.06. The lowest BCUT2D eigenvalue weighted by Gasteiger charge is -2.14. The maximum absolute atomic E-state index is 12.4. The highest BCUT2D eigenvalue weighted by atomic mass is 35.5. The van der Waals surface area contributed by atoms with Crippen LogP contribution in [-0.2, 0) is 12.8 Å². The van der Waals surface area contributed by atoms with Gasteiger partial charge in [-0.1, -0.05) is 47.6 Å². The number of aromatic nitrogens is 3. The summed E-state index contributed by atoms with van der Waals surface area (Å²) in [5.74, 6) is 0.910. The monoisotopic (exact) mass is 431 g/mol. The average Bonchev–Trinajstić information content (AvgIpc) is 3.07. The summed E-state index contributed by atoms with van der Waals surface area (Å²) in [7, 11) is 1.83. The molecule has 0 radical (unpaired) electrons. The van der Waals surface area contributed by atoms with Crippen LogP contribution in [0.15, 0.2) is 53.7 Å². The van der Waals surface area contributed by atoms with Crippen molar-refractivity contribution in [1.29, 1.82) is 0 Å². The van der Waals surface area contributed by atoms with E-state index in [0.717, 1.165) is 5.56 Å². The quantitative estimate of drug-likeness (QED) is 0.342. The molecule has 29 heavy (non-hydrogen) atoms. The highest BCUT2D eigenvalue weighted by molar-refractivity contribution is 7.98. The van der Waals surface area contributed by atoms with Crippen molar-refractivity contribution in [2.24, 2.45) is 7.05 Å². The molecule has 0 saturated heterocycles. The molecule has 1 aromatic heterocycles. The van der Waals surface area contributed by atoms with Gasteiger partial charge in [0.05, 0.1) is 21.6 Å². The number of rotatable bonds is 7. The highest BCUT2D eigenvalue weighted by Crippen LogP contribution is 2.24. The molecule has 0 bridgehead atoms. The van der Waals surface area contributed by atoms with Crippen LogP contribution >= 0.6 is 23.4 Å². The zero-order valence-corrected chi connectivity index (χ0v) is 17.3. The first-order valence-electron chi connectivity index (χ1n) is 8.67. The van der Waals surface area contributed by atoms with Gasteiger partial charge in [0, 0.05) is 24.9 Å². The minimum absolute atomic E-state index is 0.0581. The van der Waals surface area contributed by atoms with Crippen molar-refractivity contribution < 1.29 is 9.72 Å². The van der Waals surface area contributed by atoms with Crippen molar-refractivity contribution in [3.05, 3.63) is 80.6 Å². The largest absolute Gasteiger partial charge is 0.342 e. The van der Waals surface area contributed by atoms with Crippen molar-refractivity contribution in [2.45, 2.75) is 23.9 Å². The highest BCUT2D eigenvalue weighted by Gasteiger charge is 2.19. The maximum Gasteiger partial charge on any atom is 0.269 e. The van der Waals surface area contributed by atoms with Gasteiger partial charge in [-0.05, 0) is 24.6 Å². The number of thioether (sulfide) groups is 1. The van der Waals surface area contributed by atoms with Gasteiger partial charge in [-0.3, -0.25) is 14.9 Å². The third-order valence-electron chi connectivity index (χ3n) is 4.24. The van der Waals surface area contributed by atoms with Crippen LogP contribution in [0.3, 0.4) is 0 Å². The Hall–Kier alpha value is -2.91. The van der Waals surface area contributed by atoms with Gasteiger partial charge in [-0.15, -0.1) is 10.2 Å². The first-order valence-corrected chi connectivity index (χ1v) is 10.0. The summed E-state index contributed by atoms with van der Waals surface area (Å²) >= 11 is 7.53. The average molecular weight is 432 g/mol. The van der Waals surface area contributed by atoms with Gasteiger partial charge in [-0.2, -0.15) is 0 Å². The number of non-ortho nitro benzene ring substituents is 1. The smallest absolute Gasteiger partial charge is 0.269 e. The molecule has 0 aliphatic rings. The molecule has 3 rings (SSSR count). The van der Waals surface area contributed by atoms with E-state index in [2.05, 4.69) is 15.5 Å².